The molecule has 3 nitrogen and oxygen atoms in total. The molecule has 0 fully saturated rings. The van der Waals surface area contributed by atoms with Crippen molar-refractivity contribution in [3.05, 3.63) is 23.8 Å². The maximum absolute atomic E-state index is 10.0. The van der Waals surface area contributed by atoms with Crippen molar-refractivity contribution in [1.29, 1.82) is 0 Å². The van der Waals surface area contributed by atoms with Gasteiger partial charge in [-0.3, -0.25) is 9.97 Å². The zero-order valence-corrected chi connectivity index (χ0v) is 5.74. The number of aryl methyl sites for hydroxylation is 1. The van der Waals surface area contributed by atoms with Crippen molar-refractivity contribution in [1.82, 2.24) is 9.97 Å². The van der Waals surface area contributed by atoms with Gasteiger partial charge >= 0.3 is 0 Å². The molecule has 0 bridgehead atoms. The summed E-state index contributed by atoms with van der Waals surface area (Å²) in [6.07, 6.45) is 4.44. The molecule has 1 rings (SSSR count). The lowest BCUT2D eigenvalue weighted by molar-refractivity contribution is -0.107. The number of hydrogen-bond donors (Lipinski definition) is 0. The summed E-state index contributed by atoms with van der Waals surface area (Å²) < 4.78 is 0. The Balaban J connectivity index is 2.84. The van der Waals surface area contributed by atoms with E-state index in [1.54, 1.807) is 12.4 Å². The predicted octanol–water partition coefficient (Wildman–Crippen LogP) is 0.526. The topological polar surface area (TPSA) is 42.9 Å². The summed E-state index contributed by atoms with van der Waals surface area (Å²) in [5.41, 5.74) is 1.58. The van der Waals surface area contributed by atoms with Gasteiger partial charge in [-0.2, -0.15) is 0 Å². The number of nitrogens with zero attached hydrogens (tertiary/aromatic N) is 2. The number of carbonyl (C=O) groups is 1. The minimum Gasteiger partial charge on any atom is -0.303 e. The Kier molecular flexibility index (Phi) is 2.10. The monoisotopic (exact) mass is 136 g/mol. The maximum atomic E-state index is 10.0. The van der Waals surface area contributed by atoms with Gasteiger partial charge in [-0.1, -0.05) is 0 Å². The van der Waals surface area contributed by atoms with E-state index >= 15 is 0 Å². The Hall–Kier alpha value is -1.25. The molecule has 0 saturated heterocycles. The third kappa shape index (κ3) is 1.62. The summed E-state index contributed by atoms with van der Waals surface area (Å²) in [4.78, 5) is 18.0. The molecule has 0 aromatic carbocycles. The van der Waals surface area contributed by atoms with E-state index < -0.39 is 0 Å². The van der Waals surface area contributed by atoms with Crippen LogP contribution in [0.3, 0.4) is 0 Å². The fraction of sp³-hybridized carbons (Fsp3) is 0.286. The van der Waals surface area contributed by atoms with Crippen LogP contribution in [0.1, 0.15) is 11.4 Å². The number of rotatable bonds is 2. The molecule has 0 radical (unpaired) electrons. The third-order valence-electron chi connectivity index (χ3n) is 1.10. The van der Waals surface area contributed by atoms with Gasteiger partial charge in [0.15, 0.2) is 0 Å². The molecule has 1 aromatic rings. The average Bonchev–Trinajstić information content (AvgIpc) is 1.88. The highest BCUT2D eigenvalue weighted by atomic mass is 16.1. The molecule has 52 valence electrons. The van der Waals surface area contributed by atoms with Crippen molar-refractivity contribution in [2.24, 2.45) is 0 Å². The van der Waals surface area contributed by atoms with Gasteiger partial charge < -0.3 is 4.79 Å². The smallest absolute Gasteiger partial charge is 0.125 e. The largest absolute Gasteiger partial charge is 0.303 e. The van der Waals surface area contributed by atoms with Crippen LogP contribution in [-0.2, 0) is 11.2 Å². The van der Waals surface area contributed by atoms with Gasteiger partial charge in [0.25, 0.3) is 0 Å². The lowest BCUT2D eigenvalue weighted by Crippen LogP contribution is -1.93. The van der Waals surface area contributed by atoms with E-state index in [2.05, 4.69) is 9.97 Å². The van der Waals surface area contributed by atoms with E-state index in [1.807, 2.05) is 6.92 Å². The first-order chi connectivity index (χ1) is 4.83. The lowest BCUT2D eigenvalue weighted by atomic mass is 10.3. The van der Waals surface area contributed by atoms with Gasteiger partial charge in [0.05, 0.1) is 11.4 Å². The minimum atomic E-state index is 0.356. The van der Waals surface area contributed by atoms with Crippen molar-refractivity contribution < 1.29 is 4.79 Å². The quantitative estimate of drug-likeness (QED) is 0.557. The molecule has 0 aliphatic rings. The van der Waals surface area contributed by atoms with Crippen LogP contribution >= 0.6 is 0 Å². The zero-order valence-electron chi connectivity index (χ0n) is 5.74. The second-order valence-electron chi connectivity index (χ2n) is 2.02. The average molecular weight is 136 g/mol. The summed E-state index contributed by atoms with van der Waals surface area (Å²) in [6.45, 7) is 1.85. The van der Waals surface area contributed by atoms with Crippen LogP contribution in [0.2, 0.25) is 0 Å². The second-order valence-corrected chi connectivity index (χ2v) is 2.02. The number of carbonyl (C=O) groups excluding carboxylic acids is 1. The molecule has 1 aromatic heterocycles. The van der Waals surface area contributed by atoms with E-state index in [1.165, 1.54) is 0 Å². The van der Waals surface area contributed by atoms with Gasteiger partial charge in [0.2, 0.25) is 0 Å². The molecule has 0 aliphatic carbocycles. The van der Waals surface area contributed by atoms with Crippen molar-refractivity contribution in [3.63, 3.8) is 0 Å². The van der Waals surface area contributed by atoms with E-state index in [9.17, 15) is 4.79 Å². The van der Waals surface area contributed by atoms with Crippen LogP contribution in [0.4, 0.5) is 0 Å². The Morgan fingerprint density at radius 3 is 3.00 bits per heavy atom. The Morgan fingerprint density at radius 1 is 1.60 bits per heavy atom. The minimum absolute atomic E-state index is 0.356. The summed E-state index contributed by atoms with van der Waals surface area (Å²) >= 11 is 0. The number of aldehydes is 1. The van der Waals surface area contributed by atoms with Gasteiger partial charge in [-0.15, -0.1) is 0 Å². The van der Waals surface area contributed by atoms with Crippen LogP contribution in [-0.4, -0.2) is 16.3 Å². The number of aromatic nitrogens is 2. The van der Waals surface area contributed by atoms with Crippen LogP contribution < -0.4 is 0 Å². The van der Waals surface area contributed by atoms with Crippen LogP contribution in [0.15, 0.2) is 12.4 Å². The normalized spacial score (nSPS) is 9.30. The lowest BCUT2D eigenvalue weighted by Gasteiger charge is -1.93. The van der Waals surface area contributed by atoms with E-state index in [0.717, 1.165) is 17.7 Å². The van der Waals surface area contributed by atoms with Crippen LogP contribution in [0, 0.1) is 6.92 Å². The van der Waals surface area contributed by atoms with Crippen molar-refractivity contribution >= 4 is 6.29 Å². The molecule has 0 unspecified atom stereocenters. The Bertz CT molecular complexity index is 235. The molecule has 1 heterocycles. The Labute approximate surface area is 59.1 Å². The van der Waals surface area contributed by atoms with Gasteiger partial charge in [-0.05, 0) is 6.92 Å². The molecule has 0 N–H and O–H groups in total. The fourth-order valence-electron chi connectivity index (χ4n) is 0.699. The highest BCUT2D eigenvalue weighted by Gasteiger charge is 1.92. The first kappa shape index (κ1) is 6.86. The first-order valence-electron chi connectivity index (χ1n) is 3.04. The van der Waals surface area contributed by atoms with Crippen LogP contribution in [0.25, 0.3) is 0 Å². The zero-order chi connectivity index (χ0) is 7.40. The Morgan fingerprint density at radius 2 is 2.40 bits per heavy atom. The van der Waals surface area contributed by atoms with Crippen molar-refractivity contribution in [2.45, 2.75) is 13.3 Å². The molecule has 0 saturated carbocycles. The molecule has 10 heavy (non-hydrogen) atoms. The highest BCUT2D eigenvalue weighted by molar-refractivity contribution is 5.53. The van der Waals surface area contributed by atoms with E-state index in [4.69, 9.17) is 0 Å². The summed E-state index contributed by atoms with van der Waals surface area (Å²) in [5.74, 6) is 0. The molecular formula is C7H8N2O. The summed E-state index contributed by atoms with van der Waals surface area (Å²) in [5, 5.41) is 0. The standard InChI is InChI=1S/C7H8N2O/c1-6-4-8-5-7(9-6)2-3-10/h3-5H,2H2,1H3. The molecular weight excluding hydrogens is 128 g/mol. The molecule has 3 heteroatoms. The van der Waals surface area contributed by atoms with Crippen molar-refractivity contribution in [2.75, 3.05) is 0 Å². The van der Waals surface area contributed by atoms with Gasteiger partial charge in [-0.25, -0.2) is 0 Å². The van der Waals surface area contributed by atoms with E-state index in [0.29, 0.717) is 6.42 Å². The van der Waals surface area contributed by atoms with E-state index in [-0.39, 0.29) is 0 Å². The molecule has 0 amide bonds. The summed E-state index contributed by atoms with van der Waals surface area (Å²) in [7, 11) is 0. The fourth-order valence-corrected chi connectivity index (χ4v) is 0.699. The van der Waals surface area contributed by atoms with Gasteiger partial charge in [0.1, 0.15) is 6.29 Å². The third-order valence-corrected chi connectivity index (χ3v) is 1.10. The molecule has 0 atom stereocenters. The van der Waals surface area contributed by atoms with Gasteiger partial charge in [0, 0.05) is 18.8 Å². The number of hydrogen-bond acceptors (Lipinski definition) is 3. The first-order valence-corrected chi connectivity index (χ1v) is 3.04. The summed E-state index contributed by atoms with van der Waals surface area (Å²) in [6, 6.07) is 0. The molecule has 0 aliphatic heterocycles. The van der Waals surface area contributed by atoms with Crippen LogP contribution in [0.5, 0.6) is 0 Å². The highest BCUT2D eigenvalue weighted by Crippen LogP contribution is 1.93. The predicted molar refractivity (Wildman–Crippen MR) is 36.5 cm³/mol. The molecule has 0 spiro atoms. The maximum Gasteiger partial charge on any atom is 0.125 e. The van der Waals surface area contributed by atoms with Crippen molar-refractivity contribution in [3.8, 4) is 0 Å². The second kappa shape index (κ2) is 3.06. The SMILES string of the molecule is Cc1cncc(CC=O)n1.